The Labute approximate surface area is 123 Å². The van der Waals surface area contributed by atoms with E-state index >= 15 is 0 Å². The molecule has 0 bridgehead atoms. The predicted molar refractivity (Wildman–Crippen MR) is 81.1 cm³/mol. The first-order valence-corrected chi connectivity index (χ1v) is 7.25. The van der Waals surface area contributed by atoms with Gasteiger partial charge in [0.15, 0.2) is 0 Å². The molecular weight excluding hydrogens is 334 g/mol. The molecule has 2 rings (SSSR count). The highest BCUT2D eigenvalue weighted by Gasteiger charge is 2.31. The van der Waals surface area contributed by atoms with Crippen LogP contribution in [0.25, 0.3) is 6.08 Å². The largest absolute Gasteiger partial charge is 0.395 e. The molecule has 0 aliphatic carbocycles. The number of aliphatic hydroxyl groups is 1. The molecule has 1 N–H and O–H groups in total. The summed E-state index contributed by atoms with van der Waals surface area (Å²) >= 11 is 9.73. The van der Waals surface area contributed by atoms with Crippen LogP contribution in [0.5, 0.6) is 0 Å². The number of nitrogens with zero attached hydrogens (tertiary/aromatic N) is 1. The van der Waals surface area contributed by atoms with Crippen molar-refractivity contribution in [3.05, 3.63) is 39.2 Å². The fourth-order valence-corrected chi connectivity index (χ4v) is 3.08. The van der Waals surface area contributed by atoms with Crippen LogP contribution in [0.2, 0.25) is 0 Å². The number of β-amino-alcohol motifs (C(OH)–C–C–N with tert-alkyl or cyclic N) is 1. The molecule has 0 unspecified atom stereocenters. The Balaban J connectivity index is 2.22. The van der Waals surface area contributed by atoms with Crippen molar-refractivity contribution in [3.8, 4) is 0 Å². The minimum Gasteiger partial charge on any atom is -0.395 e. The van der Waals surface area contributed by atoms with Crippen LogP contribution in [0.1, 0.15) is 5.56 Å². The number of hydrogen-bond donors (Lipinski definition) is 1. The van der Waals surface area contributed by atoms with Crippen LogP contribution in [0, 0.1) is 0 Å². The van der Waals surface area contributed by atoms with E-state index in [1.807, 2.05) is 30.3 Å². The molecule has 1 heterocycles. The van der Waals surface area contributed by atoms with Crippen LogP contribution in [-0.4, -0.2) is 33.4 Å². The number of hydrogen-bond acceptors (Lipinski definition) is 4. The highest BCUT2D eigenvalue weighted by atomic mass is 79.9. The molecule has 1 amide bonds. The topological polar surface area (TPSA) is 40.5 Å². The lowest BCUT2D eigenvalue weighted by molar-refractivity contribution is -0.122. The van der Waals surface area contributed by atoms with Crippen LogP contribution < -0.4 is 0 Å². The first-order chi connectivity index (χ1) is 8.61. The summed E-state index contributed by atoms with van der Waals surface area (Å²) in [5.41, 5.74) is 0.947. The van der Waals surface area contributed by atoms with Crippen molar-refractivity contribution in [2.24, 2.45) is 0 Å². The second-order valence-corrected chi connectivity index (χ2v) is 6.20. The number of amides is 1. The number of thioether (sulfide) groups is 1. The molecule has 1 aliphatic rings. The Morgan fingerprint density at radius 3 is 2.67 bits per heavy atom. The van der Waals surface area contributed by atoms with Crippen molar-refractivity contribution in [3.63, 3.8) is 0 Å². The highest BCUT2D eigenvalue weighted by Crippen LogP contribution is 2.32. The molecule has 0 spiro atoms. The van der Waals surface area contributed by atoms with Gasteiger partial charge in [-0.05, 0) is 23.8 Å². The van der Waals surface area contributed by atoms with Crippen LogP contribution in [0.3, 0.4) is 0 Å². The Morgan fingerprint density at radius 2 is 2.06 bits per heavy atom. The smallest absolute Gasteiger partial charge is 0.266 e. The summed E-state index contributed by atoms with van der Waals surface area (Å²) in [5.74, 6) is -0.137. The number of aliphatic hydroxyl groups excluding tert-OH is 1. The van der Waals surface area contributed by atoms with Crippen LogP contribution >= 0.6 is 39.9 Å². The molecule has 1 fully saturated rings. The Kier molecular flexibility index (Phi) is 4.55. The van der Waals surface area contributed by atoms with Gasteiger partial charge in [-0.15, -0.1) is 0 Å². The van der Waals surface area contributed by atoms with Crippen LogP contribution in [-0.2, 0) is 4.79 Å². The fourth-order valence-electron chi connectivity index (χ4n) is 1.50. The Morgan fingerprint density at radius 1 is 1.39 bits per heavy atom. The van der Waals surface area contributed by atoms with Crippen LogP contribution in [0.15, 0.2) is 33.6 Å². The van der Waals surface area contributed by atoms with Gasteiger partial charge in [0.1, 0.15) is 4.32 Å². The van der Waals surface area contributed by atoms with E-state index in [-0.39, 0.29) is 19.1 Å². The van der Waals surface area contributed by atoms with Crippen molar-refractivity contribution >= 4 is 56.2 Å². The van der Waals surface area contributed by atoms with Crippen molar-refractivity contribution in [1.82, 2.24) is 4.90 Å². The molecule has 0 atom stereocenters. The van der Waals surface area contributed by atoms with Gasteiger partial charge in [-0.25, -0.2) is 0 Å². The molecule has 1 aromatic rings. The van der Waals surface area contributed by atoms with Gasteiger partial charge >= 0.3 is 0 Å². The third-order valence-corrected chi connectivity index (χ3v) is 4.27. The number of thiocarbonyl (C=S) groups is 1. The summed E-state index contributed by atoms with van der Waals surface area (Å²) in [5, 5.41) is 8.88. The number of benzene rings is 1. The fraction of sp³-hybridized carbons (Fsp3) is 0.167. The SMILES string of the molecule is O=C1/C(=C/c2ccc(Br)cc2)SC(=S)N1CCO. The lowest BCUT2D eigenvalue weighted by Gasteiger charge is -2.11. The lowest BCUT2D eigenvalue weighted by atomic mass is 10.2. The number of carbonyl (C=O) groups is 1. The van der Waals surface area contributed by atoms with Gasteiger partial charge in [0.05, 0.1) is 18.1 Å². The second-order valence-electron chi connectivity index (χ2n) is 3.61. The molecule has 1 aliphatic heterocycles. The summed E-state index contributed by atoms with van der Waals surface area (Å²) in [7, 11) is 0. The maximum Gasteiger partial charge on any atom is 0.266 e. The lowest BCUT2D eigenvalue weighted by Crippen LogP contribution is -2.30. The minimum atomic E-state index is -0.137. The van der Waals surface area contributed by atoms with Crippen LogP contribution in [0.4, 0.5) is 0 Å². The summed E-state index contributed by atoms with van der Waals surface area (Å²) in [4.78, 5) is 14.0. The Hall–Kier alpha value is -0.690. The quantitative estimate of drug-likeness (QED) is 0.676. The van der Waals surface area contributed by atoms with E-state index in [1.165, 1.54) is 16.7 Å². The molecule has 0 radical (unpaired) electrons. The van der Waals surface area contributed by atoms with Gasteiger partial charge in [-0.1, -0.05) is 52.0 Å². The van der Waals surface area contributed by atoms with Crippen molar-refractivity contribution < 1.29 is 9.90 Å². The molecule has 6 heteroatoms. The van der Waals surface area contributed by atoms with Crippen molar-refractivity contribution in [2.75, 3.05) is 13.2 Å². The summed E-state index contributed by atoms with van der Waals surface area (Å²) in [6.07, 6.45) is 1.81. The van der Waals surface area contributed by atoms with Gasteiger partial charge in [0.2, 0.25) is 0 Å². The van der Waals surface area contributed by atoms with E-state index in [2.05, 4.69) is 15.9 Å². The van der Waals surface area contributed by atoms with Gasteiger partial charge in [0.25, 0.3) is 5.91 Å². The number of halogens is 1. The molecular formula is C12H10BrNO2S2. The van der Waals surface area contributed by atoms with Crippen molar-refractivity contribution in [1.29, 1.82) is 0 Å². The van der Waals surface area contributed by atoms with E-state index < -0.39 is 0 Å². The molecule has 0 saturated carbocycles. The van der Waals surface area contributed by atoms with Gasteiger partial charge in [-0.2, -0.15) is 0 Å². The summed E-state index contributed by atoms with van der Waals surface area (Å²) in [6.45, 7) is 0.167. The maximum atomic E-state index is 12.0. The minimum absolute atomic E-state index is 0.0853. The zero-order chi connectivity index (χ0) is 13.1. The zero-order valence-electron chi connectivity index (χ0n) is 9.30. The van der Waals surface area contributed by atoms with Gasteiger partial charge in [-0.3, -0.25) is 9.69 Å². The van der Waals surface area contributed by atoms with E-state index in [9.17, 15) is 4.79 Å². The molecule has 1 saturated heterocycles. The monoisotopic (exact) mass is 343 g/mol. The standard InChI is InChI=1S/C12H10BrNO2S2/c13-9-3-1-8(2-4-9)7-10-11(16)14(5-6-15)12(17)18-10/h1-4,7,15H,5-6H2/b10-7-. The summed E-state index contributed by atoms with van der Waals surface area (Å²) in [6, 6.07) is 7.67. The average molecular weight is 344 g/mol. The molecule has 0 aromatic heterocycles. The highest BCUT2D eigenvalue weighted by molar-refractivity contribution is 9.10. The van der Waals surface area contributed by atoms with E-state index in [4.69, 9.17) is 17.3 Å². The molecule has 18 heavy (non-hydrogen) atoms. The first kappa shape index (κ1) is 13.7. The first-order valence-electron chi connectivity index (χ1n) is 5.23. The second kappa shape index (κ2) is 5.97. The number of carbonyl (C=O) groups excluding carboxylic acids is 1. The Bertz CT molecular complexity index is 513. The maximum absolute atomic E-state index is 12.0. The predicted octanol–water partition coefficient (Wildman–Crippen LogP) is 2.64. The molecule has 3 nitrogen and oxygen atoms in total. The van der Waals surface area contributed by atoms with Crippen molar-refractivity contribution in [2.45, 2.75) is 0 Å². The summed E-state index contributed by atoms with van der Waals surface area (Å²) < 4.78 is 1.49. The average Bonchev–Trinajstić information content (AvgIpc) is 2.60. The van der Waals surface area contributed by atoms with E-state index in [0.29, 0.717) is 9.23 Å². The molecule has 1 aromatic carbocycles. The van der Waals surface area contributed by atoms with E-state index in [1.54, 1.807) is 0 Å². The third kappa shape index (κ3) is 3.00. The normalized spacial score (nSPS) is 17.9. The van der Waals surface area contributed by atoms with Gasteiger partial charge < -0.3 is 5.11 Å². The number of rotatable bonds is 3. The zero-order valence-corrected chi connectivity index (χ0v) is 12.5. The van der Waals surface area contributed by atoms with E-state index in [0.717, 1.165) is 10.0 Å². The van der Waals surface area contributed by atoms with Gasteiger partial charge in [0, 0.05) is 4.47 Å². The third-order valence-electron chi connectivity index (χ3n) is 2.36. The molecule has 94 valence electrons.